The van der Waals surface area contributed by atoms with Gasteiger partial charge in [-0.3, -0.25) is 9.59 Å². The molecule has 0 rings (SSSR count). The fraction of sp³-hybridized carbons (Fsp3) is 0.750. The fourth-order valence-corrected chi connectivity index (χ4v) is 1.62. The van der Waals surface area contributed by atoms with Crippen molar-refractivity contribution in [2.45, 2.75) is 46.7 Å². The van der Waals surface area contributed by atoms with E-state index in [2.05, 4.69) is 15.8 Å². The molecule has 0 heterocycles. The van der Waals surface area contributed by atoms with E-state index in [1.165, 1.54) is 0 Å². The van der Waals surface area contributed by atoms with Crippen LogP contribution >= 0.6 is 0 Å². The van der Waals surface area contributed by atoms with Crippen molar-refractivity contribution in [1.82, 2.24) is 10.6 Å². The fourth-order valence-electron chi connectivity index (χ4n) is 1.62. The molecule has 2 amide bonds. The zero-order valence-corrected chi connectivity index (χ0v) is 12.1. The smallest absolute Gasteiger partial charge is 0.242 e. The first kappa shape index (κ1) is 17.2. The van der Waals surface area contributed by atoms with Gasteiger partial charge in [-0.15, -0.1) is 0 Å². The Morgan fingerprint density at radius 2 is 1.58 bits per heavy atom. The Kier molecular flexibility index (Phi) is 6.89. The van der Waals surface area contributed by atoms with Gasteiger partial charge in [0.15, 0.2) is 5.84 Å². The minimum absolute atomic E-state index is 0.00294. The minimum Gasteiger partial charge on any atom is -0.409 e. The van der Waals surface area contributed by atoms with E-state index in [4.69, 9.17) is 10.9 Å². The quantitative estimate of drug-likeness (QED) is 0.236. The molecule has 0 spiro atoms. The molecule has 2 atom stereocenters. The topological polar surface area (TPSA) is 117 Å². The van der Waals surface area contributed by atoms with Gasteiger partial charge in [0.2, 0.25) is 11.8 Å². The normalized spacial score (nSPS) is 15.2. The second-order valence-corrected chi connectivity index (χ2v) is 5.14. The molecule has 0 saturated heterocycles. The van der Waals surface area contributed by atoms with Gasteiger partial charge in [-0.05, 0) is 26.7 Å². The van der Waals surface area contributed by atoms with Crippen LogP contribution in [0.15, 0.2) is 5.16 Å². The Morgan fingerprint density at radius 1 is 1.05 bits per heavy atom. The van der Waals surface area contributed by atoms with Crippen LogP contribution in [0.1, 0.15) is 34.6 Å². The van der Waals surface area contributed by atoms with Gasteiger partial charge >= 0.3 is 0 Å². The number of hydrogen-bond acceptors (Lipinski definition) is 4. The molecule has 0 aromatic rings. The largest absolute Gasteiger partial charge is 0.409 e. The van der Waals surface area contributed by atoms with Gasteiger partial charge in [0, 0.05) is 6.04 Å². The van der Waals surface area contributed by atoms with Crippen molar-refractivity contribution >= 4 is 17.6 Å². The van der Waals surface area contributed by atoms with E-state index in [0.29, 0.717) is 0 Å². The molecule has 2 unspecified atom stereocenters. The van der Waals surface area contributed by atoms with Crippen molar-refractivity contribution in [1.29, 1.82) is 0 Å². The Hall–Kier alpha value is -1.79. The van der Waals surface area contributed by atoms with Crippen LogP contribution < -0.4 is 16.4 Å². The first-order chi connectivity index (χ1) is 8.70. The molecule has 0 aliphatic carbocycles. The standard InChI is InChI=1S/C12H24N4O3/c1-6(2)9(10(13)16-19)12(18)15-8(5)11(17)14-7(3)4/h6-9,19H,1-5H3,(H2,13,16)(H,14,17)(H,15,18). The van der Waals surface area contributed by atoms with Gasteiger partial charge < -0.3 is 21.6 Å². The van der Waals surface area contributed by atoms with Gasteiger partial charge in [-0.1, -0.05) is 19.0 Å². The number of amides is 2. The highest BCUT2D eigenvalue weighted by Gasteiger charge is 2.29. The summed E-state index contributed by atoms with van der Waals surface area (Å²) in [6, 6.07) is -0.681. The number of oxime groups is 1. The van der Waals surface area contributed by atoms with Crippen molar-refractivity contribution in [3.05, 3.63) is 0 Å². The van der Waals surface area contributed by atoms with Gasteiger partial charge in [0.1, 0.15) is 12.0 Å². The molecule has 0 fully saturated rings. The molecule has 0 aromatic carbocycles. The van der Waals surface area contributed by atoms with E-state index in [1.807, 2.05) is 13.8 Å². The summed E-state index contributed by atoms with van der Waals surface area (Å²) in [5, 5.41) is 16.8. The van der Waals surface area contributed by atoms with Crippen LogP contribution in [0.25, 0.3) is 0 Å². The predicted molar refractivity (Wildman–Crippen MR) is 72.6 cm³/mol. The van der Waals surface area contributed by atoms with Gasteiger partial charge in [-0.2, -0.15) is 0 Å². The Bertz CT molecular complexity index is 353. The highest BCUT2D eigenvalue weighted by Crippen LogP contribution is 2.11. The molecule has 0 aliphatic rings. The third-order valence-electron chi connectivity index (χ3n) is 2.57. The molecular weight excluding hydrogens is 248 g/mol. The first-order valence-corrected chi connectivity index (χ1v) is 6.28. The van der Waals surface area contributed by atoms with E-state index >= 15 is 0 Å². The summed E-state index contributed by atoms with van der Waals surface area (Å²) in [6.45, 7) is 8.81. The highest BCUT2D eigenvalue weighted by atomic mass is 16.4. The molecule has 7 heteroatoms. The van der Waals surface area contributed by atoms with E-state index in [1.54, 1.807) is 20.8 Å². The maximum Gasteiger partial charge on any atom is 0.242 e. The zero-order chi connectivity index (χ0) is 15.2. The lowest BCUT2D eigenvalue weighted by Crippen LogP contribution is -2.51. The van der Waals surface area contributed by atoms with Crippen LogP contribution in [0.5, 0.6) is 0 Å². The number of carbonyl (C=O) groups excluding carboxylic acids is 2. The second-order valence-electron chi connectivity index (χ2n) is 5.14. The van der Waals surface area contributed by atoms with Crippen molar-refractivity contribution in [3.63, 3.8) is 0 Å². The van der Waals surface area contributed by atoms with Crippen LogP contribution in [-0.4, -0.2) is 34.9 Å². The summed E-state index contributed by atoms with van der Waals surface area (Å²) >= 11 is 0. The predicted octanol–water partition coefficient (Wildman–Crippen LogP) is 0.0343. The maximum absolute atomic E-state index is 12.0. The van der Waals surface area contributed by atoms with Crippen molar-refractivity contribution in [3.8, 4) is 0 Å². The Balaban J connectivity index is 4.69. The molecule has 5 N–H and O–H groups in total. The number of nitrogens with one attached hydrogen (secondary N) is 2. The Morgan fingerprint density at radius 3 is 1.95 bits per heavy atom. The third kappa shape index (κ3) is 5.58. The zero-order valence-electron chi connectivity index (χ0n) is 12.1. The van der Waals surface area contributed by atoms with Crippen molar-refractivity contribution in [2.75, 3.05) is 0 Å². The maximum atomic E-state index is 12.0. The summed E-state index contributed by atoms with van der Waals surface area (Å²) in [4.78, 5) is 23.7. The van der Waals surface area contributed by atoms with E-state index in [9.17, 15) is 9.59 Å². The SMILES string of the molecule is CC(C)NC(=O)C(C)NC(=O)C(C(N)=NO)C(C)C. The third-order valence-corrected chi connectivity index (χ3v) is 2.57. The number of amidine groups is 1. The minimum atomic E-state index is -0.765. The van der Waals surface area contributed by atoms with Gasteiger partial charge in [0.25, 0.3) is 0 Å². The number of carbonyl (C=O) groups is 2. The van der Waals surface area contributed by atoms with Crippen LogP contribution in [0.3, 0.4) is 0 Å². The van der Waals surface area contributed by atoms with Crippen molar-refractivity contribution in [2.24, 2.45) is 22.7 Å². The van der Waals surface area contributed by atoms with E-state index in [0.717, 1.165) is 0 Å². The molecule has 0 bridgehead atoms. The molecule has 7 nitrogen and oxygen atoms in total. The number of hydrogen-bond donors (Lipinski definition) is 4. The van der Waals surface area contributed by atoms with Gasteiger partial charge in [-0.25, -0.2) is 0 Å². The number of rotatable bonds is 6. The molecule has 0 saturated carbocycles. The average Bonchev–Trinajstić information content (AvgIpc) is 2.27. The van der Waals surface area contributed by atoms with Crippen LogP contribution in [-0.2, 0) is 9.59 Å². The summed E-state index contributed by atoms with van der Waals surface area (Å²) in [6.07, 6.45) is 0. The summed E-state index contributed by atoms with van der Waals surface area (Å²) in [7, 11) is 0. The van der Waals surface area contributed by atoms with Crippen LogP contribution in [0.2, 0.25) is 0 Å². The first-order valence-electron chi connectivity index (χ1n) is 6.28. The summed E-state index contributed by atoms with van der Waals surface area (Å²) in [5.74, 6) is -1.78. The molecule has 19 heavy (non-hydrogen) atoms. The van der Waals surface area contributed by atoms with E-state index < -0.39 is 17.9 Å². The lowest BCUT2D eigenvalue weighted by Gasteiger charge is -2.22. The second kappa shape index (κ2) is 7.60. The van der Waals surface area contributed by atoms with E-state index in [-0.39, 0.29) is 23.7 Å². The molecule has 0 aromatic heterocycles. The van der Waals surface area contributed by atoms with Crippen LogP contribution in [0.4, 0.5) is 0 Å². The van der Waals surface area contributed by atoms with Crippen molar-refractivity contribution < 1.29 is 14.8 Å². The highest BCUT2D eigenvalue weighted by molar-refractivity contribution is 6.03. The number of nitrogens with two attached hydrogens (primary N) is 1. The molecule has 110 valence electrons. The molecular formula is C12H24N4O3. The molecule has 0 radical (unpaired) electrons. The Labute approximate surface area is 113 Å². The summed E-state index contributed by atoms with van der Waals surface area (Å²) < 4.78 is 0. The molecule has 0 aliphatic heterocycles. The monoisotopic (exact) mass is 272 g/mol. The number of nitrogens with zero attached hydrogens (tertiary/aromatic N) is 1. The summed E-state index contributed by atoms with van der Waals surface area (Å²) in [5.41, 5.74) is 5.49. The lowest BCUT2D eigenvalue weighted by atomic mass is 9.93. The van der Waals surface area contributed by atoms with Gasteiger partial charge in [0.05, 0.1) is 0 Å². The lowest BCUT2D eigenvalue weighted by molar-refractivity contribution is -0.130. The van der Waals surface area contributed by atoms with Crippen LogP contribution in [0, 0.1) is 11.8 Å². The average molecular weight is 272 g/mol.